The van der Waals surface area contributed by atoms with E-state index < -0.39 is 15.3 Å². The van der Waals surface area contributed by atoms with Crippen LogP contribution in [0.4, 0.5) is 5.69 Å². The van der Waals surface area contributed by atoms with Crippen molar-refractivity contribution in [3.05, 3.63) is 54.1 Å². The number of hydrogen-bond acceptors (Lipinski definition) is 4. The minimum atomic E-state index is -3.34. The lowest BCUT2D eigenvalue weighted by Gasteiger charge is -2.33. The molecule has 6 heteroatoms. The molecule has 1 saturated heterocycles. The third-order valence-electron chi connectivity index (χ3n) is 4.77. The summed E-state index contributed by atoms with van der Waals surface area (Å²) in [5, 5.41) is -0.464. The monoisotopic (exact) mass is 374 g/mol. The molecule has 0 amide bonds. The number of hydrogen-bond donors (Lipinski definition) is 2. The van der Waals surface area contributed by atoms with E-state index in [1.807, 2.05) is 48.5 Å². The van der Waals surface area contributed by atoms with Gasteiger partial charge in [0.1, 0.15) is 0 Å². The standard InChI is InChI=1S/C20H26N2O3S/c1-14(2)26(23,24)22-19-8-5-13-25-20(19)16-11-9-15(10-12-16)17-6-3-4-7-18(17)21/h3-4,6-7,9-12,14,19-20,22H,5,8,13,21H2,1-2H3/t19-,20+/m0/s1. The number of ether oxygens (including phenoxy) is 1. The summed E-state index contributed by atoms with van der Waals surface area (Å²) in [6.07, 6.45) is 1.34. The summed E-state index contributed by atoms with van der Waals surface area (Å²) in [5.74, 6) is 0. The van der Waals surface area contributed by atoms with Crippen LogP contribution in [-0.4, -0.2) is 26.3 Å². The number of nitrogens with two attached hydrogens (primary N) is 1. The van der Waals surface area contributed by atoms with Gasteiger partial charge in [-0.25, -0.2) is 13.1 Å². The number of anilines is 1. The fourth-order valence-electron chi connectivity index (χ4n) is 3.19. The van der Waals surface area contributed by atoms with Crippen LogP contribution in [0.3, 0.4) is 0 Å². The molecule has 1 fully saturated rings. The molecule has 0 aromatic heterocycles. The Labute approximate surface area is 155 Å². The summed E-state index contributed by atoms with van der Waals surface area (Å²) >= 11 is 0. The molecule has 26 heavy (non-hydrogen) atoms. The third kappa shape index (κ3) is 4.09. The van der Waals surface area contributed by atoms with Crippen LogP contribution in [0.2, 0.25) is 0 Å². The minimum absolute atomic E-state index is 0.246. The second-order valence-electron chi connectivity index (χ2n) is 6.96. The van der Waals surface area contributed by atoms with E-state index in [9.17, 15) is 8.42 Å². The first-order valence-electron chi connectivity index (χ1n) is 8.96. The van der Waals surface area contributed by atoms with Crippen molar-refractivity contribution in [2.24, 2.45) is 0 Å². The van der Waals surface area contributed by atoms with Gasteiger partial charge in [-0.15, -0.1) is 0 Å². The van der Waals surface area contributed by atoms with Gasteiger partial charge in [0.15, 0.2) is 0 Å². The Bertz CT molecular complexity index is 848. The molecule has 0 bridgehead atoms. The maximum Gasteiger partial charge on any atom is 0.214 e. The van der Waals surface area contributed by atoms with Gasteiger partial charge >= 0.3 is 0 Å². The highest BCUT2D eigenvalue weighted by Crippen LogP contribution is 2.32. The average molecular weight is 375 g/mol. The molecular weight excluding hydrogens is 348 g/mol. The summed E-state index contributed by atoms with van der Waals surface area (Å²) in [6, 6.07) is 15.5. The Hall–Kier alpha value is -1.89. The molecule has 0 unspecified atom stereocenters. The topological polar surface area (TPSA) is 81.4 Å². The van der Waals surface area contributed by atoms with Crippen molar-refractivity contribution in [1.29, 1.82) is 0 Å². The highest BCUT2D eigenvalue weighted by atomic mass is 32.2. The fraction of sp³-hybridized carbons (Fsp3) is 0.400. The molecule has 0 aliphatic carbocycles. The SMILES string of the molecule is CC(C)S(=O)(=O)N[C@H]1CCCO[C@@H]1c1ccc(-c2ccccc2N)cc1. The Morgan fingerprint density at radius 2 is 1.81 bits per heavy atom. The van der Waals surface area contributed by atoms with Gasteiger partial charge in [0.05, 0.1) is 17.4 Å². The number of nitrogens with one attached hydrogen (secondary N) is 1. The van der Waals surface area contributed by atoms with Crippen molar-refractivity contribution in [3.8, 4) is 11.1 Å². The highest BCUT2D eigenvalue weighted by Gasteiger charge is 2.31. The van der Waals surface area contributed by atoms with Crippen molar-refractivity contribution in [1.82, 2.24) is 4.72 Å². The maximum atomic E-state index is 12.3. The van der Waals surface area contributed by atoms with Crippen LogP contribution in [0.25, 0.3) is 11.1 Å². The van der Waals surface area contributed by atoms with E-state index in [1.165, 1.54) is 0 Å². The van der Waals surface area contributed by atoms with Crippen molar-refractivity contribution in [2.75, 3.05) is 12.3 Å². The van der Waals surface area contributed by atoms with Gasteiger partial charge in [-0.3, -0.25) is 0 Å². The first-order chi connectivity index (χ1) is 12.4. The van der Waals surface area contributed by atoms with E-state index in [4.69, 9.17) is 10.5 Å². The van der Waals surface area contributed by atoms with Gasteiger partial charge in [0, 0.05) is 17.9 Å². The predicted octanol–water partition coefficient (Wildman–Crippen LogP) is 3.48. The molecule has 0 spiro atoms. The van der Waals surface area contributed by atoms with E-state index in [-0.39, 0.29) is 12.1 Å². The van der Waals surface area contributed by atoms with Crippen molar-refractivity contribution < 1.29 is 13.2 Å². The number of rotatable bonds is 5. The van der Waals surface area contributed by atoms with E-state index in [0.717, 1.165) is 35.2 Å². The van der Waals surface area contributed by atoms with E-state index in [2.05, 4.69) is 4.72 Å². The first kappa shape index (κ1) is 18.9. The van der Waals surface area contributed by atoms with Gasteiger partial charge in [0.25, 0.3) is 0 Å². The summed E-state index contributed by atoms with van der Waals surface area (Å²) in [4.78, 5) is 0. The molecule has 2 aromatic rings. The predicted molar refractivity (Wildman–Crippen MR) is 105 cm³/mol. The van der Waals surface area contributed by atoms with E-state index in [1.54, 1.807) is 13.8 Å². The summed E-state index contributed by atoms with van der Waals surface area (Å²) in [5.41, 5.74) is 9.77. The molecule has 2 aromatic carbocycles. The average Bonchev–Trinajstić information content (AvgIpc) is 2.62. The zero-order valence-electron chi connectivity index (χ0n) is 15.2. The molecule has 0 saturated carbocycles. The molecule has 1 aliphatic heterocycles. The third-order valence-corrected chi connectivity index (χ3v) is 6.64. The minimum Gasteiger partial charge on any atom is -0.398 e. The lowest BCUT2D eigenvalue weighted by Crippen LogP contribution is -2.45. The highest BCUT2D eigenvalue weighted by molar-refractivity contribution is 7.90. The lowest BCUT2D eigenvalue weighted by molar-refractivity contribution is -0.00446. The van der Waals surface area contributed by atoms with Gasteiger partial charge < -0.3 is 10.5 Å². The molecule has 3 N–H and O–H groups in total. The second-order valence-corrected chi connectivity index (χ2v) is 9.23. The number of benzene rings is 2. The number of sulfonamides is 1. The molecule has 3 rings (SSSR count). The lowest BCUT2D eigenvalue weighted by atomic mass is 9.94. The van der Waals surface area contributed by atoms with Gasteiger partial charge in [-0.2, -0.15) is 0 Å². The zero-order chi connectivity index (χ0) is 18.7. The van der Waals surface area contributed by atoms with Crippen LogP contribution in [0, 0.1) is 0 Å². The molecular formula is C20H26N2O3S. The van der Waals surface area contributed by atoms with Crippen molar-refractivity contribution in [3.63, 3.8) is 0 Å². The van der Waals surface area contributed by atoms with Gasteiger partial charge in [-0.05, 0) is 43.9 Å². The molecule has 0 radical (unpaired) electrons. The largest absolute Gasteiger partial charge is 0.398 e. The normalized spacial score (nSPS) is 21.0. The zero-order valence-corrected chi connectivity index (χ0v) is 16.0. The Kier molecular flexibility index (Phi) is 5.65. The van der Waals surface area contributed by atoms with Gasteiger partial charge in [-0.1, -0.05) is 42.5 Å². The van der Waals surface area contributed by atoms with Gasteiger partial charge in [0.2, 0.25) is 10.0 Å². The number of nitrogen functional groups attached to an aromatic ring is 1. The van der Waals surface area contributed by atoms with E-state index in [0.29, 0.717) is 6.61 Å². The van der Waals surface area contributed by atoms with Crippen LogP contribution >= 0.6 is 0 Å². The molecule has 1 aliphatic rings. The molecule has 5 nitrogen and oxygen atoms in total. The van der Waals surface area contributed by atoms with Crippen LogP contribution < -0.4 is 10.5 Å². The quantitative estimate of drug-likeness (QED) is 0.785. The molecule has 2 atom stereocenters. The second kappa shape index (κ2) is 7.78. The Morgan fingerprint density at radius 3 is 2.46 bits per heavy atom. The number of para-hydroxylation sites is 1. The fourth-order valence-corrected chi connectivity index (χ4v) is 4.13. The Morgan fingerprint density at radius 1 is 1.12 bits per heavy atom. The van der Waals surface area contributed by atoms with Crippen molar-refractivity contribution in [2.45, 2.75) is 44.1 Å². The van der Waals surface area contributed by atoms with Crippen LogP contribution in [0.15, 0.2) is 48.5 Å². The van der Waals surface area contributed by atoms with Crippen molar-refractivity contribution >= 4 is 15.7 Å². The Balaban J connectivity index is 1.83. The summed E-state index contributed by atoms with van der Waals surface area (Å²) < 4.78 is 33.3. The molecule has 1 heterocycles. The maximum absolute atomic E-state index is 12.3. The summed E-state index contributed by atoms with van der Waals surface area (Å²) in [7, 11) is -3.34. The molecule has 140 valence electrons. The van der Waals surface area contributed by atoms with Crippen LogP contribution in [0.5, 0.6) is 0 Å². The van der Waals surface area contributed by atoms with Crippen LogP contribution in [0.1, 0.15) is 38.4 Å². The summed E-state index contributed by atoms with van der Waals surface area (Å²) in [6.45, 7) is 4.00. The first-order valence-corrected chi connectivity index (χ1v) is 10.5. The smallest absolute Gasteiger partial charge is 0.214 e. The van der Waals surface area contributed by atoms with E-state index >= 15 is 0 Å². The van der Waals surface area contributed by atoms with Crippen LogP contribution in [-0.2, 0) is 14.8 Å².